The summed E-state index contributed by atoms with van der Waals surface area (Å²) >= 11 is 5.99. The van der Waals surface area contributed by atoms with Gasteiger partial charge in [-0.15, -0.1) is 0 Å². The van der Waals surface area contributed by atoms with Crippen LogP contribution in [0.5, 0.6) is 0 Å². The summed E-state index contributed by atoms with van der Waals surface area (Å²) in [5.41, 5.74) is 1.64. The van der Waals surface area contributed by atoms with Crippen molar-refractivity contribution in [2.45, 2.75) is 20.4 Å². The number of halogens is 2. The maximum absolute atomic E-state index is 13.0. The number of hydrogen-bond acceptors (Lipinski definition) is 3. The second kappa shape index (κ2) is 6.77. The second-order valence-corrected chi connectivity index (χ2v) is 5.47. The number of nitrogens with zero attached hydrogens (tertiary/aromatic N) is 2. The van der Waals surface area contributed by atoms with Crippen molar-refractivity contribution in [1.29, 1.82) is 0 Å². The highest BCUT2D eigenvalue weighted by Gasteiger charge is 2.07. The zero-order valence-electron chi connectivity index (χ0n) is 11.5. The molecular weight excluding hydrogens is 277 g/mol. The van der Waals surface area contributed by atoms with Crippen molar-refractivity contribution in [3.05, 3.63) is 47.0 Å². The molecule has 2 aromatic rings. The van der Waals surface area contributed by atoms with Gasteiger partial charge in [0.1, 0.15) is 5.82 Å². The summed E-state index contributed by atoms with van der Waals surface area (Å²) in [6.45, 7) is 5.99. The van der Waals surface area contributed by atoms with Gasteiger partial charge in [-0.1, -0.05) is 25.4 Å². The van der Waals surface area contributed by atoms with E-state index in [9.17, 15) is 4.39 Å². The molecular formula is C15H17ClFN3. The van der Waals surface area contributed by atoms with Crippen LogP contribution in [-0.4, -0.2) is 16.5 Å². The van der Waals surface area contributed by atoms with Crippen molar-refractivity contribution in [3.63, 3.8) is 0 Å². The minimum absolute atomic E-state index is 0.315. The first-order valence-electron chi connectivity index (χ1n) is 6.53. The van der Waals surface area contributed by atoms with Gasteiger partial charge in [-0.05, 0) is 30.7 Å². The molecule has 0 amide bonds. The molecule has 0 aliphatic carbocycles. The van der Waals surface area contributed by atoms with E-state index in [2.05, 4.69) is 29.1 Å². The highest BCUT2D eigenvalue weighted by Crippen LogP contribution is 2.25. The van der Waals surface area contributed by atoms with E-state index < -0.39 is 0 Å². The van der Waals surface area contributed by atoms with Crippen molar-refractivity contribution in [3.8, 4) is 11.4 Å². The van der Waals surface area contributed by atoms with Gasteiger partial charge in [0.15, 0.2) is 5.82 Å². The van der Waals surface area contributed by atoms with E-state index in [1.54, 1.807) is 18.5 Å². The van der Waals surface area contributed by atoms with Gasteiger partial charge in [-0.25, -0.2) is 14.4 Å². The Labute approximate surface area is 123 Å². The average Bonchev–Trinajstić information content (AvgIpc) is 2.39. The Balaban J connectivity index is 2.07. The Morgan fingerprint density at radius 3 is 2.55 bits per heavy atom. The molecule has 1 N–H and O–H groups in total. The predicted octanol–water partition coefficient (Wildman–Crippen LogP) is 3.68. The molecule has 0 unspecified atom stereocenters. The van der Waals surface area contributed by atoms with Crippen LogP contribution in [-0.2, 0) is 6.54 Å². The van der Waals surface area contributed by atoms with Crippen LogP contribution in [0.4, 0.5) is 4.39 Å². The molecule has 0 radical (unpaired) electrons. The van der Waals surface area contributed by atoms with Crippen LogP contribution in [0.1, 0.15) is 19.4 Å². The molecule has 5 heteroatoms. The molecule has 0 saturated carbocycles. The van der Waals surface area contributed by atoms with Gasteiger partial charge in [0.05, 0.1) is 5.02 Å². The number of benzene rings is 1. The molecule has 1 aromatic heterocycles. The van der Waals surface area contributed by atoms with E-state index in [1.807, 2.05) is 0 Å². The molecule has 3 nitrogen and oxygen atoms in total. The monoisotopic (exact) mass is 293 g/mol. The van der Waals surface area contributed by atoms with Crippen molar-refractivity contribution < 1.29 is 4.39 Å². The maximum Gasteiger partial charge on any atom is 0.160 e. The van der Waals surface area contributed by atoms with Crippen LogP contribution in [0.25, 0.3) is 11.4 Å². The summed E-state index contributed by atoms with van der Waals surface area (Å²) in [6.07, 6.45) is 3.52. The Bertz CT molecular complexity index is 570. The van der Waals surface area contributed by atoms with Gasteiger partial charge in [-0.3, -0.25) is 0 Å². The van der Waals surface area contributed by atoms with E-state index in [1.165, 1.54) is 12.1 Å². The summed E-state index contributed by atoms with van der Waals surface area (Å²) in [7, 11) is 0. The largest absolute Gasteiger partial charge is 0.312 e. The van der Waals surface area contributed by atoms with Crippen LogP contribution >= 0.6 is 11.6 Å². The molecule has 2 rings (SSSR count). The quantitative estimate of drug-likeness (QED) is 0.914. The lowest BCUT2D eigenvalue weighted by atomic mass is 10.2. The van der Waals surface area contributed by atoms with Gasteiger partial charge in [0.25, 0.3) is 0 Å². The lowest BCUT2D eigenvalue weighted by Crippen LogP contribution is -2.19. The van der Waals surface area contributed by atoms with E-state index in [-0.39, 0.29) is 5.82 Å². The Kier molecular flexibility index (Phi) is 5.04. The molecule has 106 valence electrons. The highest BCUT2D eigenvalue weighted by molar-refractivity contribution is 6.33. The Hall–Kier alpha value is -1.52. The molecule has 1 heterocycles. The fourth-order valence-corrected chi connectivity index (χ4v) is 2.01. The number of nitrogens with one attached hydrogen (secondary N) is 1. The van der Waals surface area contributed by atoms with Gasteiger partial charge in [0, 0.05) is 30.1 Å². The smallest absolute Gasteiger partial charge is 0.160 e. The van der Waals surface area contributed by atoms with Crippen LogP contribution in [0.15, 0.2) is 30.6 Å². The minimum Gasteiger partial charge on any atom is -0.312 e. The van der Waals surface area contributed by atoms with E-state index in [0.29, 0.717) is 22.3 Å². The van der Waals surface area contributed by atoms with Gasteiger partial charge < -0.3 is 5.32 Å². The third-order valence-corrected chi connectivity index (χ3v) is 3.07. The second-order valence-electron chi connectivity index (χ2n) is 5.06. The van der Waals surface area contributed by atoms with Crippen molar-refractivity contribution in [1.82, 2.24) is 15.3 Å². The summed E-state index contributed by atoms with van der Waals surface area (Å²) < 4.78 is 13.0. The molecule has 0 atom stereocenters. The first-order valence-corrected chi connectivity index (χ1v) is 6.91. The predicted molar refractivity (Wildman–Crippen MR) is 79.0 cm³/mol. The molecule has 0 aliphatic rings. The molecule has 0 saturated heterocycles. The molecule has 0 aliphatic heterocycles. The lowest BCUT2D eigenvalue weighted by molar-refractivity contribution is 0.551. The van der Waals surface area contributed by atoms with Gasteiger partial charge in [0.2, 0.25) is 0 Å². The maximum atomic E-state index is 13.0. The minimum atomic E-state index is -0.367. The lowest BCUT2D eigenvalue weighted by Gasteiger charge is -2.08. The topological polar surface area (TPSA) is 37.8 Å². The van der Waals surface area contributed by atoms with Crippen molar-refractivity contribution in [2.75, 3.05) is 6.54 Å². The molecule has 1 aromatic carbocycles. The standard InChI is InChI=1S/C15H17ClFN3/c1-10(2)6-18-7-11-8-19-15(20-9-11)13-4-3-12(17)5-14(13)16/h3-5,8-10,18H,6-7H2,1-2H3. The fourth-order valence-electron chi connectivity index (χ4n) is 1.76. The summed E-state index contributed by atoms with van der Waals surface area (Å²) in [5.74, 6) is 0.740. The third-order valence-electron chi connectivity index (χ3n) is 2.76. The molecule has 0 spiro atoms. The first kappa shape index (κ1) is 14.9. The normalized spacial score (nSPS) is 11.1. The van der Waals surface area contributed by atoms with Gasteiger partial charge in [-0.2, -0.15) is 0 Å². The molecule has 0 bridgehead atoms. The molecule has 0 fully saturated rings. The van der Waals surface area contributed by atoms with E-state index in [0.717, 1.165) is 18.7 Å². The summed E-state index contributed by atoms with van der Waals surface area (Å²) in [6, 6.07) is 4.20. The number of hydrogen-bond donors (Lipinski definition) is 1. The fraction of sp³-hybridized carbons (Fsp3) is 0.333. The first-order chi connectivity index (χ1) is 9.56. The average molecular weight is 294 g/mol. The van der Waals surface area contributed by atoms with E-state index in [4.69, 9.17) is 11.6 Å². The molecule has 20 heavy (non-hydrogen) atoms. The van der Waals surface area contributed by atoms with Crippen LogP contribution in [0.2, 0.25) is 5.02 Å². The Morgan fingerprint density at radius 1 is 1.25 bits per heavy atom. The van der Waals surface area contributed by atoms with Gasteiger partial charge >= 0.3 is 0 Å². The van der Waals surface area contributed by atoms with Crippen molar-refractivity contribution >= 4 is 11.6 Å². The van der Waals surface area contributed by atoms with E-state index >= 15 is 0 Å². The third kappa shape index (κ3) is 3.99. The SMILES string of the molecule is CC(C)CNCc1cnc(-c2ccc(F)cc2Cl)nc1. The highest BCUT2D eigenvalue weighted by atomic mass is 35.5. The number of aromatic nitrogens is 2. The number of rotatable bonds is 5. The summed E-state index contributed by atoms with van der Waals surface area (Å²) in [5, 5.41) is 3.64. The summed E-state index contributed by atoms with van der Waals surface area (Å²) in [4.78, 5) is 8.56. The van der Waals surface area contributed by atoms with Crippen molar-refractivity contribution in [2.24, 2.45) is 5.92 Å². The van der Waals surface area contributed by atoms with Crippen LogP contribution in [0.3, 0.4) is 0 Å². The zero-order valence-corrected chi connectivity index (χ0v) is 12.3. The zero-order chi connectivity index (χ0) is 14.5. The van der Waals surface area contributed by atoms with Crippen LogP contribution in [0, 0.1) is 11.7 Å². The van der Waals surface area contributed by atoms with Crippen LogP contribution < -0.4 is 5.32 Å². The Morgan fingerprint density at radius 2 is 1.95 bits per heavy atom.